The predicted molar refractivity (Wildman–Crippen MR) is 18.7 cm³/mol. The first-order valence-corrected chi connectivity index (χ1v) is 4.39. The fraction of sp³-hybridized carbons (Fsp3) is 0. The summed E-state index contributed by atoms with van der Waals surface area (Å²) < 4.78 is 25.8. The molecule has 0 fully saturated rings. The van der Waals surface area contributed by atoms with Gasteiger partial charge in [-0.2, -0.15) is 0 Å². The summed E-state index contributed by atoms with van der Waals surface area (Å²) in [5.74, 6) is 0. The molecular formula is H2CdCrO3SSe. The van der Waals surface area contributed by atoms with Crippen molar-refractivity contribution in [1.82, 2.24) is 0 Å². The van der Waals surface area contributed by atoms with Gasteiger partial charge in [-0.1, -0.05) is 0 Å². The van der Waals surface area contributed by atoms with Crippen molar-refractivity contribution in [2.24, 2.45) is 0 Å². The number of rotatable bonds is 0. The van der Waals surface area contributed by atoms with E-state index < -0.39 is 8.54 Å². The molecule has 0 aromatic heterocycles. The van der Waals surface area contributed by atoms with Gasteiger partial charge in [-0.25, -0.2) is 0 Å². The van der Waals surface area contributed by atoms with Crippen LogP contribution in [0, 0.1) is 0 Å². The summed E-state index contributed by atoms with van der Waals surface area (Å²) in [5.41, 5.74) is 0. The Morgan fingerprint density at radius 1 is 1.43 bits per heavy atom. The van der Waals surface area contributed by atoms with Crippen LogP contribution in [-0.2, 0) is 53.2 Å². The molecule has 3 nitrogen and oxygen atoms in total. The standard InChI is InChI=1S/Cd.Cr.H2O3SSe/c;;1-4(2,3)5/h;;(H2,1,2,3,5). The van der Waals surface area contributed by atoms with Crippen LogP contribution in [0.2, 0.25) is 0 Å². The minimum atomic E-state index is -3.73. The van der Waals surface area contributed by atoms with Gasteiger partial charge in [0.15, 0.2) is 0 Å². The van der Waals surface area contributed by atoms with Gasteiger partial charge in [0.1, 0.15) is 0 Å². The van der Waals surface area contributed by atoms with Crippen LogP contribution < -0.4 is 0 Å². The van der Waals surface area contributed by atoms with Crippen LogP contribution >= 0.6 is 0 Å². The van der Waals surface area contributed by atoms with Gasteiger partial charge in [0.2, 0.25) is 0 Å². The van der Waals surface area contributed by atoms with E-state index in [0.717, 1.165) is 14.9 Å². The van der Waals surface area contributed by atoms with Gasteiger partial charge in [-0.05, 0) is 0 Å². The summed E-state index contributed by atoms with van der Waals surface area (Å²) in [4.78, 5) is 0. The van der Waals surface area contributed by atoms with Gasteiger partial charge >= 0.3 is 36.4 Å². The molecule has 0 aliphatic rings. The molecule has 0 aliphatic heterocycles. The second kappa shape index (κ2) is 6.01. The maximum Gasteiger partial charge on any atom is 0 e. The van der Waals surface area contributed by atoms with E-state index in [1.165, 1.54) is 0 Å². The molecule has 0 rings (SSSR count). The molecule has 0 aliphatic carbocycles. The van der Waals surface area contributed by atoms with Gasteiger partial charge in [0.25, 0.3) is 0 Å². The molecule has 1 N–H and O–H groups in total. The molecule has 0 unspecified atom stereocenters. The molecule has 0 atom stereocenters. The second-order valence-electron chi connectivity index (χ2n) is 0.448. The average molecular weight is 325 g/mol. The van der Waals surface area contributed by atoms with E-state index in [1.807, 2.05) is 0 Å². The minimum absolute atomic E-state index is 0. The van der Waals surface area contributed by atoms with Gasteiger partial charge in [-0.3, -0.25) is 0 Å². The number of hydrogen-bond donors (Lipinski definition) is 1. The van der Waals surface area contributed by atoms with Crippen molar-refractivity contribution in [3.05, 3.63) is 0 Å². The van der Waals surface area contributed by atoms with Gasteiger partial charge < -0.3 is 0 Å². The SMILES string of the molecule is O=S(=O)(O)[SeH].[Cd].[Cr]. The second-order valence-corrected chi connectivity index (χ2v) is 4.25. The molecule has 0 spiro atoms. The molecule has 0 saturated heterocycles. The van der Waals surface area contributed by atoms with Crippen molar-refractivity contribution in [3.8, 4) is 0 Å². The molecule has 0 bridgehead atoms. The molecule has 0 saturated carbocycles. The Labute approximate surface area is 80.2 Å². The first kappa shape index (κ1) is 15.9. The maximum atomic E-state index is 9.16. The van der Waals surface area contributed by atoms with Crippen molar-refractivity contribution in [3.63, 3.8) is 0 Å². The molecule has 7 heavy (non-hydrogen) atoms. The van der Waals surface area contributed by atoms with Crippen LogP contribution in [0.3, 0.4) is 0 Å². The summed E-state index contributed by atoms with van der Waals surface area (Å²) in [6.07, 6.45) is 0. The Hall–Kier alpha value is 1.88. The van der Waals surface area contributed by atoms with E-state index in [-0.39, 0.29) is 44.7 Å². The Morgan fingerprint density at radius 3 is 1.43 bits per heavy atom. The summed E-state index contributed by atoms with van der Waals surface area (Å²) in [6, 6.07) is 0. The van der Waals surface area contributed by atoms with Gasteiger partial charge in [-0.15, -0.1) is 0 Å². The van der Waals surface area contributed by atoms with E-state index in [2.05, 4.69) is 0 Å². The minimum Gasteiger partial charge on any atom is 0 e. The zero-order valence-electron chi connectivity index (χ0n) is 3.23. The molecule has 0 amide bonds. The van der Waals surface area contributed by atoms with Crippen LogP contribution in [0.15, 0.2) is 0 Å². The molecule has 0 aromatic carbocycles. The third-order valence-corrected chi connectivity index (χ3v) is 0. The van der Waals surface area contributed by atoms with Crippen LogP contribution in [0.1, 0.15) is 0 Å². The fourth-order valence-corrected chi connectivity index (χ4v) is 0. The van der Waals surface area contributed by atoms with Crippen molar-refractivity contribution < 1.29 is 57.6 Å². The summed E-state index contributed by atoms with van der Waals surface area (Å²) >= 11 is 1.11. The molecule has 7 heteroatoms. The molecule has 40 valence electrons. The zero-order valence-corrected chi connectivity index (χ0v) is 11.2. The van der Waals surface area contributed by atoms with E-state index in [1.54, 1.807) is 0 Å². The first-order valence-electron chi connectivity index (χ1n) is 0.698. The summed E-state index contributed by atoms with van der Waals surface area (Å²) in [5, 5.41) is 0. The van der Waals surface area contributed by atoms with Crippen LogP contribution in [0.25, 0.3) is 0 Å². The Balaban J connectivity index is -0.0000000800. The Kier molecular flexibility index (Phi) is 13.7. The van der Waals surface area contributed by atoms with E-state index in [4.69, 9.17) is 13.0 Å². The van der Waals surface area contributed by atoms with Crippen LogP contribution in [0.4, 0.5) is 0 Å². The predicted octanol–water partition coefficient (Wildman–Crippen LogP) is -1.31. The third-order valence-electron chi connectivity index (χ3n) is 0. The topological polar surface area (TPSA) is 54.4 Å². The Bertz CT molecular complexity index is 98.1. The van der Waals surface area contributed by atoms with E-state index >= 15 is 0 Å². The molecule has 0 radical (unpaired) electrons. The van der Waals surface area contributed by atoms with Crippen molar-refractivity contribution in [1.29, 1.82) is 0 Å². The smallest absolute Gasteiger partial charge is 0 e. The van der Waals surface area contributed by atoms with Crippen molar-refractivity contribution >= 4 is 23.4 Å². The number of hydrogen-bond acceptors (Lipinski definition) is 2. The van der Waals surface area contributed by atoms with Crippen molar-refractivity contribution in [2.75, 3.05) is 0 Å². The zero-order chi connectivity index (χ0) is 4.50. The van der Waals surface area contributed by atoms with Crippen molar-refractivity contribution in [2.45, 2.75) is 0 Å². The largest absolute Gasteiger partial charge is 0 e. The monoisotopic (exact) mass is 328 g/mol. The third kappa shape index (κ3) is 76.9. The average Bonchev–Trinajstić information content (AvgIpc) is 0.722. The normalized spacial score (nSPS) is 8.29. The quantitative estimate of drug-likeness (QED) is 0.444. The van der Waals surface area contributed by atoms with Crippen LogP contribution in [-0.4, -0.2) is 27.9 Å². The van der Waals surface area contributed by atoms with Crippen LogP contribution in [0.5, 0.6) is 0 Å². The summed E-state index contributed by atoms with van der Waals surface area (Å²) in [6.45, 7) is 0. The maximum absolute atomic E-state index is 9.16. The van der Waals surface area contributed by atoms with E-state index in [0.29, 0.717) is 0 Å². The Morgan fingerprint density at radius 2 is 1.43 bits per heavy atom. The molecule has 0 aromatic rings. The summed E-state index contributed by atoms with van der Waals surface area (Å²) in [7, 11) is -3.73. The van der Waals surface area contributed by atoms with Gasteiger partial charge in [0, 0.05) is 44.7 Å². The van der Waals surface area contributed by atoms with Gasteiger partial charge in [0.05, 0.1) is 0 Å². The first-order chi connectivity index (χ1) is 2.00. The molecule has 0 heterocycles. The fourth-order valence-electron chi connectivity index (χ4n) is 0. The molecular weight excluding hydrogens is 323 g/mol. The van der Waals surface area contributed by atoms with E-state index in [9.17, 15) is 0 Å².